The molecule has 4 heterocycles. The van der Waals surface area contributed by atoms with Crippen molar-refractivity contribution in [2.45, 2.75) is 177 Å². The van der Waals surface area contributed by atoms with Gasteiger partial charge in [0.25, 0.3) is 6.71 Å². The first-order chi connectivity index (χ1) is 52.2. The van der Waals surface area contributed by atoms with Gasteiger partial charge in [0.15, 0.2) is 0 Å². The lowest BCUT2D eigenvalue weighted by molar-refractivity contribution is 0.590. The van der Waals surface area contributed by atoms with Gasteiger partial charge in [0.2, 0.25) is 0 Å². The molecule has 0 unspecified atom stereocenters. The third kappa shape index (κ3) is 12.2. The minimum absolute atomic E-state index is 0.0586. The second kappa shape index (κ2) is 25.9. The highest BCUT2D eigenvalue weighted by Gasteiger charge is 2.47. The zero-order chi connectivity index (χ0) is 77.2. The second-order valence-corrected chi connectivity index (χ2v) is 38.1. The van der Waals surface area contributed by atoms with E-state index in [1.807, 2.05) is 0 Å². The minimum Gasteiger partial charge on any atom is -0.310 e. The fourth-order valence-corrected chi connectivity index (χ4v) is 17.5. The van der Waals surface area contributed by atoms with E-state index in [1.165, 1.54) is 155 Å². The van der Waals surface area contributed by atoms with Crippen LogP contribution in [-0.2, 0) is 32.5 Å². The summed E-state index contributed by atoms with van der Waals surface area (Å²) < 4.78 is 5.19. The van der Waals surface area contributed by atoms with Crippen molar-refractivity contribution in [1.29, 1.82) is 0 Å². The number of rotatable bonds is 9. The maximum atomic E-state index is 2.76. The van der Waals surface area contributed by atoms with Gasteiger partial charge in [-0.25, -0.2) is 0 Å². The average Bonchev–Trinajstić information content (AvgIpc) is 1.42. The molecule has 0 N–H and O–H groups in total. The summed E-state index contributed by atoms with van der Waals surface area (Å²) in [6, 6.07) is 105. The van der Waals surface area contributed by atoms with Gasteiger partial charge in [-0.15, -0.1) is 0 Å². The molecule has 0 aliphatic carbocycles. The lowest BCUT2D eigenvalue weighted by atomic mass is 9.33. The van der Waals surface area contributed by atoms with Crippen molar-refractivity contribution in [2.24, 2.45) is 0 Å². The van der Waals surface area contributed by atoms with Crippen molar-refractivity contribution in [2.75, 3.05) is 9.80 Å². The van der Waals surface area contributed by atoms with Gasteiger partial charge in [0.05, 0.1) is 33.4 Å². The van der Waals surface area contributed by atoms with E-state index in [0.717, 1.165) is 34.1 Å². The maximum absolute atomic E-state index is 2.76. The van der Waals surface area contributed by atoms with Gasteiger partial charge in [0.1, 0.15) is 0 Å². The van der Waals surface area contributed by atoms with Crippen molar-refractivity contribution in [3.8, 4) is 55.9 Å². The molecule has 5 heteroatoms. The van der Waals surface area contributed by atoms with Gasteiger partial charge in [0, 0.05) is 77.9 Å². The largest absolute Gasteiger partial charge is 0.310 e. The van der Waals surface area contributed by atoms with Crippen LogP contribution in [-0.4, -0.2) is 15.8 Å². The molecule has 0 atom stereocenters. The molecule has 2 aliphatic rings. The molecule has 17 rings (SSSR count). The lowest BCUT2D eigenvalue weighted by Gasteiger charge is -2.46. The highest BCUT2D eigenvalue weighted by atomic mass is 15.2. The molecule has 0 saturated heterocycles. The standard InChI is InChI=1S/C105H105BN4/c1-65(2)70-53-95-97-96(54-70)110(99-83(68-37-29-23-30-38-68)59-76(105(18,19)20)60-84(99)69-39-31-24-32-40-69)94-64-78(108-91-61-73(102(9,10)11)41-47-79(91)80-48-42-74(62-92(80)108)103(12,13)14)46-50-88(94)106(97)87-49-45-77(107-89-51-43-71(100(3,4)5)55-85(89)86-56-72(101(6,7)8)44-52-90(86)107)63-93(87)109(95)98-81(66-33-25-21-26-34-66)57-75(104(15,16)17)58-82(98)67-35-27-22-28-36-67/h21-65H,1-20H3. The molecule has 0 saturated carbocycles. The fraction of sp³-hybridized carbons (Fsp3) is 0.257. The maximum Gasteiger partial charge on any atom is 0.252 e. The third-order valence-corrected chi connectivity index (χ3v) is 24.0. The first-order valence-electron chi connectivity index (χ1n) is 40.0. The van der Waals surface area contributed by atoms with Crippen molar-refractivity contribution in [1.82, 2.24) is 9.13 Å². The van der Waals surface area contributed by atoms with E-state index in [1.54, 1.807) is 0 Å². The number of nitrogens with zero attached hydrogens (tertiary/aromatic N) is 4. The Hall–Kier alpha value is -10.9. The van der Waals surface area contributed by atoms with Gasteiger partial charge in [-0.1, -0.05) is 308 Å². The Labute approximate surface area is 654 Å². The molecule has 2 aliphatic heterocycles. The van der Waals surface area contributed by atoms with Crippen LogP contribution in [0.2, 0.25) is 0 Å². The molecule has 4 nitrogen and oxygen atoms in total. The van der Waals surface area contributed by atoms with Crippen LogP contribution in [0.15, 0.2) is 267 Å². The van der Waals surface area contributed by atoms with Crippen LogP contribution < -0.4 is 26.2 Å². The topological polar surface area (TPSA) is 16.3 Å². The third-order valence-electron chi connectivity index (χ3n) is 24.0. The molecule has 13 aromatic carbocycles. The molecule has 15 aromatic rings. The summed E-state index contributed by atoms with van der Waals surface area (Å²) in [5.74, 6) is 0.121. The van der Waals surface area contributed by atoms with Crippen LogP contribution in [0, 0.1) is 0 Å². The molecular weight excluding hydrogens is 1330 g/mol. The fourth-order valence-electron chi connectivity index (χ4n) is 17.5. The van der Waals surface area contributed by atoms with E-state index < -0.39 is 0 Å². The molecular formula is C105H105BN4. The van der Waals surface area contributed by atoms with E-state index in [9.17, 15) is 0 Å². The molecule has 0 fully saturated rings. The number of fused-ring (bicyclic) bond motifs is 10. The van der Waals surface area contributed by atoms with Crippen LogP contribution in [0.5, 0.6) is 0 Å². The number of anilines is 6. The van der Waals surface area contributed by atoms with Gasteiger partial charge in [-0.2, -0.15) is 0 Å². The number of benzene rings is 13. The van der Waals surface area contributed by atoms with Gasteiger partial charge >= 0.3 is 0 Å². The second-order valence-electron chi connectivity index (χ2n) is 38.1. The van der Waals surface area contributed by atoms with Crippen LogP contribution >= 0.6 is 0 Å². The SMILES string of the molecule is CC(C)c1cc2c3c(c1)N(c1c(-c4ccccc4)cc(C(C)(C)C)cc1-c1ccccc1)c1cc(-n4c5cc(C(C)(C)C)ccc5c5ccc(C(C)(C)C)cc54)ccc1B3c1ccc(-n3c4ccc(C(C)(C)C)cc4c4cc(C(C)(C)C)ccc43)cc1N2c1c(-c2ccccc2)cc(C(C)(C)C)cc1-c1ccccc1. The zero-order valence-electron chi connectivity index (χ0n) is 68.3. The van der Waals surface area contributed by atoms with Crippen molar-refractivity contribution < 1.29 is 0 Å². The Bertz CT molecular complexity index is 5900. The summed E-state index contributed by atoms with van der Waals surface area (Å²) in [5.41, 5.74) is 35.5. The predicted molar refractivity (Wildman–Crippen MR) is 477 cm³/mol. The molecule has 0 radical (unpaired) electrons. The Kier molecular flexibility index (Phi) is 16.9. The Balaban J connectivity index is 1.07. The molecule has 0 spiro atoms. The molecule has 2 aromatic heterocycles. The van der Waals surface area contributed by atoms with Crippen LogP contribution in [0.4, 0.5) is 34.1 Å². The van der Waals surface area contributed by atoms with E-state index in [2.05, 4.69) is 424 Å². The van der Waals surface area contributed by atoms with E-state index in [4.69, 9.17) is 0 Å². The molecule has 110 heavy (non-hydrogen) atoms. The summed E-state index contributed by atoms with van der Waals surface area (Å²) in [5, 5.41) is 5.04. The van der Waals surface area contributed by atoms with Gasteiger partial charge < -0.3 is 18.9 Å². The quantitative estimate of drug-likeness (QED) is 0.134. The van der Waals surface area contributed by atoms with Gasteiger partial charge in [-0.3, -0.25) is 0 Å². The Morgan fingerprint density at radius 2 is 0.555 bits per heavy atom. The number of hydrogen-bond donors (Lipinski definition) is 0. The van der Waals surface area contributed by atoms with E-state index in [-0.39, 0.29) is 45.1 Å². The smallest absolute Gasteiger partial charge is 0.252 e. The van der Waals surface area contributed by atoms with E-state index in [0.29, 0.717) is 0 Å². The van der Waals surface area contributed by atoms with Crippen LogP contribution in [0.1, 0.15) is 183 Å². The van der Waals surface area contributed by atoms with Gasteiger partial charge in [-0.05, 0) is 213 Å². The summed E-state index contributed by atoms with van der Waals surface area (Å²) in [4.78, 5) is 5.52. The summed E-state index contributed by atoms with van der Waals surface area (Å²) in [6.07, 6.45) is 0. The highest BCUT2D eigenvalue weighted by Crippen LogP contribution is 2.56. The minimum atomic E-state index is -0.245. The molecule has 0 amide bonds. The average molecular weight is 1430 g/mol. The Morgan fingerprint density at radius 1 is 0.255 bits per heavy atom. The van der Waals surface area contributed by atoms with Crippen molar-refractivity contribution >= 4 is 101 Å². The molecule has 548 valence electrons. The highest BCUT2D eigenvalue weighted by molar-refractivity contribution is 7.00. The first-order valence-corrected chi connectivity index (χ1v) is 40.0. The lowest BCUT2D eigenvalue weighted by Crippen LogP contribution is -2.61. The summed E-state index contributed by atoms with van der Waals surface area (Å²) in [7, 11) is 0. The Morgan fingerprint density at radius 3 is 0.864 bits per heavy atom. The van der Waals surface area contributed by atoms with E-state index >= 15 is 0 Å². The zero-order valence-corrected chi connectivity index (χ0v) is 68.3. The monoisotopic (exact) mass is 1430 g/mol. The number of hydrogen-bond acceptors (Lipinski definition) is 2. The molecule has 0 bridgehead atoms. The normalized spacial score (nSPS) is 13.5. The summed E-state index contributed by atoms with van der Waals surface area (Å²) >= 11 is 0. The van der Waals surface area contributed by atoms with Crippen LogP contribution in [0.3, 0.4) is 0 Å². The van der Waals surface area contributed by atoms with Crippen molar-refractivity contribution in [3.63, 3.8) is 0 Å². The first kappa shape index (κ1) is 72.0. The van der Waals surface area contributed by atoms with Crippen molar-refractivity contribution in [3.05, 3.63) is 306 Å². The summed E-state index contributed by atoms with van der Waals surface area (Å²) in [6.45, 7) is 46.9. The number of aromatic nitrogens is 2. The predicted octanol–water partition coefficient (Wildman–Crippen LogP) is 27.5. The van der Waals surface area contributed by atoms with Crippen LogP contribution in [0.25, 0.3) is 99.5 Å².